The summed E-state index contributed by atoms with van der Waals surface area (Å²) in [6, 6.07) is 5.40. The number of rotatable bonds is 7. The molecule has 0 radical (unpaired) electrons. The van der Waals surface area contributed by atoms with Gasteiger partial charge in [0.15, 0.2) is 11.6 Å². The van der Waals surface area contributed by atoms with Crippen LogP contribution >= 0.6 is 0 Å². The maximum atomic E-state index is 15.1. The van der Waals surface area contributed by atoms with Gasteiger partial charge in [-0.3, -0.25) is 4.79 Å². The Kier molecular flexibility index (Phi) is 8.43. The van der Waals surface area contributed by atoms with Crippen LogP contribution in [0.4, 0.5) is 25.1 Å². The molecule has 4 rings (SSSR count). The first kappa shape index (κ1) is 30.7. The molecule has 0 fully saturated rings. The first-order valence-corrected chi connectivity index (χ1v) is 13.7. The number of carbonyl (C=O) groups is 2. The number of anilines is 2. The molecule has 0 bridgehead atoms. The summed E-state index contributed by atoms with van der Waals surface area (Å²) >= 11 is 0. The third-order valence-corrected chi connectivity index (χ3v) is 7.27. The summed E-state index contributed by atoms with van der Waals surface area (Å²) in [7, 11) is 1.57. The van der Waals surface area contributed by atoms with Gasteiger partial charge in [-0.2, -0.15) is 0 Å². The average molecular weight is 582 g/mol. The van der Waals surface area contributed by atoms with Crippen LogP contribution in [0.2, 0.25) is 0 Å². The van der Waals surface area contributed by atoms with Gasteiger partial charge in [0.2, 0.25) is 0 Å². The summed E-state index contributed by atoms with van der Waals surface area (Å²) in [4.78, 5) is 35.1. The van der Waals surface area contributed by atoms with Gasteiger partial charge in [-0.05, 0) is 86.9 Å². The van der Waals surface area contributed by atoms with Crippen molar-refractivity contribution in [2.24, 2.45) is 0 Å². The maximum absolute atomic E-state index is 15.1. The van der Waals surface area contributed by atoms with E-state index in [4.69, 9.17) is 15.2 Å². The molecule has 0 saturated heterocycles. The fourth-order valence-corrected chi connectivity index (χ4v) is 4.89. The van der Waals surface area contributed by atoms with Gasteiger partial charge < -0.3 is 25.4 Å². The number of benzene rings is 2. The van der Waals surface area contributed by atoms with Crippen LogP contribution in [-0.2, 0) is 16.6 Å². The number of aromatic nitrogens is 2. The Morgan fingerprint density at radius 2 is 1.86 bits per heavy atom. The van der Waals surface area contributed by atoms with Crippen LogP contribution in [0, 0.1) is 18.6 Å². The lowest BCUT2D eigenvalue weighted by atomic mass is 9.86. The van der Waals surface area contributed by atoms with Crippen molar-refractivity contribution in [3.05, 3.63) is 64.5 Å². The molecule has 0 unspecified atom stereocenters. The Hall–Kier alpha value is -4.28. The summed E-state index contributed by atoms with van der Waals surface area (Å²) in [6.07, 6.45) is 2.31. The van der Waals surface area contributed by atoms with Gasteiger partial charge >= 0.3 is 6.09 Å². The van der Waals surface area contributed by atoms with E-state index in [1.54, 1.807) is 40.8 Å². The summed E-state index contributed by atoms with van der Waals surface area (Å²) < 4.78 is 41.2. The molecule has 224 valence electrons. The van der Waals surface area contributed by atoms with Gasteiger partial charge in [-0.25, -0.2) is 23.5 Å². The number of halogens is 2. The van der Waals surface area contributed by atoms with Crippen LogP contribution < -0.4 is 15.8 Å². The highest BCUT2D eigenvalue weighted by molar-refractivity contribution is 6.05. The van der Waals surface area contributed by atoms with Gasteiger partial charge in [-0.1, -0.05) is 13.8 Å². The Morgan fingerprint density at radius 3 is 2.55 bits per heavy atom. The van der Waals surface area contributed by atoms with Crippen molar-refractivity contribution in [1.29, 1.82) is 0 Å². The largest absolute Gasteiger partial charge is 0.486 e. The molecule has 1 aromatic heterocycles. The number of carbonyl (C=O) groups excluding carboxylic acids is 2. The Morgan fingerprint density at radius 1 is 1.14 bits per heavy atom. The molecule has 2 aromatic carbocycles. The molecule has 0 atom stereocenters. The lowest BCUT2D eigenvalue weighted by Gasteiger charge is -2.24. The molecule has 9 nitrogen and oxygen atoms in total. The molecule has 11 heteroatoms. The van der Waals surface area contributed by atoms with E-state index in [1.165, 1.54) is 23.4 Å². The number of hydrogen-bond donors (Lipinski definition) is 2. The number of nitrogens with one attached hydrogen (secondary N) is 1. The highest BCUT2D eigenvalue weighted by Gasteiger charge is 2.32. The number of hydrogen-bond acceptors (Lipinski definition) is 7. The molecule has 0 saturated carbocycles. The SMILES string of the molecule is Cc1c(NC(=O)c2cc3c(cc2F)C(C)(C)CC3)cc(F)cc1-c1ncnc(N)c1OCCN(C)C(=O)OC(C)(C)C. The highest BCUT2D eigenvalue weighted by Crippen LogP contribution is 2.40. The number of amides is 2. The fourth-order valence-electron chi connectivity index (χ4n) is 4.89. The van der Waals surface area contributed by atoms with Crippen molar-refractivity contribution in [3.8, 4) is 17.0 Å². The standard InChI is InChI=1S/C31H37F2N5O4/c1-17-20(25-26(27(34)36-16-35-25)41-11-10-38(7)29(40)42-30(2,3)4)13-19(32)14-24(17)37-28(39)21-12-18-8-9-31(5,6)22(18)15-23(21)33/h12-16H,8-11H2,1-7H3,(H,37,39)(H2,34,35,36). The average Bonchev–Trinajstić information content (AvgIpc) is 3.18. The number of nitrogens with two attached hydrogens (primary N) is 1. The quantitative estimate of drug-likeness (QED) is 0.349. The zero-order valence-electron chi connectivity index (χ0n) is 25.0. The fraction of sp³-hybridized carbons (Fsp3) is 0.419. The lowest BCUT2D eigenvalue weighted by molar-refractivity contribution is 0.0278. The topological polar surface area (TPSA) is 120 Å². The minimum atomic E-state index is -0.691. The second-order valence-corrected chi connectivity index (χ2v) is 12.1. The third-order valence-electron chi connectivity index (χ3n) is 7.27. The molecule has 3 N–H and O–H groups in total. The normalized spacial score (nSPS) is 13.8. The molecule has 1 aliphatic rings. The van der Waals surface area contributed by atoms with E-state index in [0.29, 0.717) is 11.1 Å². The Labute approximate surface area is 244 Å². The van der Waals surface area contributed by atoms with E-state index in [9.17, 15) is 14.0 Å². The van der Waals surface area contributed by atoms with Crippen molar-refractivity contribution in [2.75, 3.05) is 31.2 Å². The minimum absolute atomic E-state index is 0.0114. The predicted molar refractivity (Wildman–Crippen MR) is 157 cm³/mol. The van der Waals surface area contributed by atoms with Crippen LogP contribution in [0.15, 0.2) is 30.6 Å². The van der Waals surface area contributed by atoms with Crippen molar-refractivity contribution >= 4 is 23.5 Å². The molecule has 2 amide bonds. The molecule has 1 heterocycles. The minimum Gasteiger partial charge on any atom is -0.486 e. The second kappa shape index (κ2) is 11.5. The molecule has 3 aromatic rings. The molecule has 1 aliphatic carbocycles. The van der Waals surface area contributed by atoms with Crippen molar-refractivity contribution in [2.45, 2.75) is 65.4 Å². The van der Waals surface area contributed by atoms with E-state index in [-0.39, 0.29) is 47.1 Å². The number of nitrogen functional groups attached to an aromatic ring is 1. The van der Waals surface area contributed by atoms with Crippen LogP contribution in [0.3, 0.4) is 0 Å². The van der Waals surface area contributed by atoms with E-state index in [1.807, 2.05) is 13.8 Å². The van der Waals surface area contributed by atoms with Crippen LogP contribution in [0.25, 0.3) is 11.3 Å². The second-order valence-electron chi connectivity index (χ2n) is 12.1. The summed E-state index contributed by atoms with van der Waals surface area (Å²) in [5, 5.41) is 2.66. The number of nitrogens with zero attached hydrogens (tertiary/aromatic N) is 3. The van der Waals surface area contributed by atoms with Gasteiger partial charge in [0, 0.05) is 18.3 Å². The number of ether oxygens (including phenoxy) is 2. The zero-order valence-corrected chi connectivity index (χ0v) is 25.0. The van der Waals surface area contributed by atoms with Crippen LogP contribution in [0.1, 0.15) is 68.1 Å². The first-order chi connectivity index (χ1) is 19.6. The summed E-state index contributed by atoms with van der Waals surface area (Å²) in [5.74, 6) is -1.88. The van der Waals surface area contributed by atoms with Crippen molar-refractivity contribution in [1.82, 2.24) is 14.9 Å². The van der Waals surface area contributed by atoms with Crippen molar-refractivity contribution in [3.63, 3.8) is 0 Å². The van der Waals surface area contributed by atoms with Gasteiger partial charge in [0.25, 0.3) is 5.91 Å². The van der Waals surface area contributed by atoms with Crippen molar-refractivity contribution < 1.29 is 27.8 Å². The first-order valence-electron chi connectivity index (χ1n) is 13.7. The van der Waals surface area contributed by atoms with Crippen LogP contribution in [0.5, 0.6) is 5.75 Å². The van der Waals surface area contributed by atoms with E-state index < -0.39 is 29.2 Å². The smallest absolute Gasteiger partial charge is 0.410 e. The van der Waals surface area contributed by atoms with Gasteiger partial charge in [0.1, 0.15) is 35.9 Å². The summed E-state index contributed by atoms with van der Waals surface area (Å²) in [6.45, 7) is 11.3. The van der Waals surface area contributed by atoms with Crippen LogP contribution in [-0.4, -0.2) is 52.7 Å². The van der Waals surface area contributed by atoms with E-state index in [0.717, 1.165) is 30.0 Å². The third kappa shape index (κ3) is 6.61. The Bertz CT molecular complexity index is 1530. The zero-order chi connectivity index (χ0) is 31.0. The number of fused-ring (bicyclic) bond motifs is 1. The number of likely N-dealkylation sites (N-methyl/N-ethyl adjacent to an activating group) is 1. The van der Waals surface area contributed by atoms with Gasteiger partial charge in [-0.15, -0.1) is 0 Å². The molecular formula is C31H37F2N5O4. The number of aryl methyl sites for hydroxylation is 1. The highest BCUT2D eigenvalue weighted by atomic mass is 19.1. The molecule has 0 aliphatic heterocycles. The molecule has 0 spiro atoms. The van der Waals surface area contributed by atoms with E-state index >= 15 is 4.39 Å². The maximum Gasteiger partial charge on any atom is 0.410 e. The lowest BCUT2D eigenvalue weighted by Crippen LogP contribution is -2.36. The van der Waals surface area contributed by atoms with Gasteiger partial charge in [0.05, 0.1) is 12.1 Å². The Balaban J connectivity index is 1.58. The predicted octanol–water partition coefficient (Wildman–Crippen LogP) is 6.03. The molecule has 42 heavy (non-hydrogen) atoms. The van der Waals surface area contributed by atoms with E-state index in [2.05, 4.69) is 15.3 Å². The molecular weight excluding hydrogens is 544 g/mol. The monoisotopic (exact) mass is 581 g/mol. The summed E-state index contributed by atoms with van der Waals surface area (Å²) in [5.41, 5.74) is 8.09.